The third-order valence-electron chi connectivity index (χ3n) is 7.28. The van der Waals surface area contributed by atoms with Gasteiger partial charge < -0.3 is 28.8 Å². The van der Waals surface area contributed by atoms with Gasteiger partial charge in [0.25, 0.3) is 11.8 Å². The van der Waals surface area contributed by atoms with Crippen LogP contribution in [0.25, 0.3) is 22.3 Å². The first kappa shape index (κ1) is 27.5. The Bertz CT molecular complexity index is 1460. The lowest BCUT2D eigenvalue weighted by atomic mass is 10.0. The second-order valence-corrected chi connectivity index (χ2v) is 9.89. The number of para-hydroxylation sites is 1. The number of aromatic nitrogens is 1. The molecule has 4 aromatic rings. The summed E-state index contributed by atoms with van der Waals surface area (Å²) in [6.45, 7) is 5.60. The lowest BCUT2D eigenvalue weighted by molar-refractivity contribution is 0.0606. The highest BCUT2D eigenvalue weighted by molar-refractivity contribution is 6.14. The van der Waals surface area contributed by atoms with Crippen molar-refractivity contribution in [2.45, 2.75) is 32.2 Å². The first-order valence-electron chi connectivity index (χ1n) is 13.6. The Morgan fingerprint density at radius 1 is 1.15 bits per heavy atom. The lowest BCUT2D eigenvalue weighted by Crippen LogP contribution is -2.46. The lowest BCUT2D eigenvalue weighted by Gasteiger charge is -2.36. The van der Waals surface area contributed by atoms with Gasteiger partial charge in [0, 0.05) is 55.9 Å². The minimum Gasteiger partial charge on any atom is -0.449 e. The number of carbonyl (C=O) groups is 2. The summed E-state index contributed by atoms with van der Waals surface area (Å²) in [6, 6.07) is 14.7. The maximum Gasteiger partial charge on any atom is 0.291 e. The van der Waals surface area contributed by atoms with Crippen molar-refractivity contribution in [3.05, 3.63) is 71.9 Å². The molecule has 210 valence electrons. The van der Waals surface area contributed by atoms with Gasteiger partial charge in [-0.3, -0.25) is 9.59 Å². The van der Waals surface area contributed by atoms with E-state index in [0.29, 0.717) is 47.1 Å². The Kier molecular flexibility index (Phi) is 8.57. The normalized spacial score (nSPS) is 14.2. The fourth-order valence-electron chi connectivity index (χ4n) is 5.03. The molecule has 0 spiro atoms. The third-order valence-corrected chi connectivity index (χ3v) is 7.28. The van der Waals surface area contributed by atoms with Crippen molar-refractivity contribution in [1.29, 1.82) is 0 Å². The number of fused-ring (bicyclic) bond motifs is 1. The summed E-state index contributed by atoms with van der Waals surface area (Å²) < 4.78 is 30.0. The maximum atomic E-state index is 13.6. The van der Waals surface area contributed by atoms with Crippen molar-refractivity contribution in [3.8, 4) is 11.3 Å². The van der Waals surface area contributed by atoms with Gasteiger partial charge >= 0.3 is 0 Å². The second kappa shape index (κ2) is 12.4. The number of hydrogen-bond donors (Lipinski definition) is 1. The molecule has 0 bridgehead atoms. The summed E-state index contributed by atoms with van der Waals surface area (Å²) in [5.41, 5.74) is 1.40. The Hall–Kier alpha value is -4.02. The fraction of sp³-hybridized carbons (Fsp3) is 0.367. The number of anilines is 1. The molecule has 0 saturated carbocycles. The SMILES string of the molecule is CCOCCCN(C)C1CCN(C(=O)c2oc3ccccc3c2NC(=O)c2cc(-c3ccc(F)cc3)on2)CC1. The number of rotatable bonds is 10. The Labute approximate surface area is 231 Å². The highest BCUT2D eigenvalue weighted by Gasteiger charge is 2.31. The van der Waals surface area contributed by atoms with E-state index in [0.717, 1.165) is 39.0 Å². The number of benzene rings is 2. The van der Waals surface area contributed by atoms with E-state index in [2.05, 4.69) is 22.4 Å². The van der Waals surface area contributed by atoms with Gasteiger partial charge in [0.1, 0.15) is 17.1 Å². The van der Waals surface area contributed by atoms with Gasteiger partial charge in [-0.15, -0.1) is 0 Å². The molecular formula is C30H33FN4O5. The molecule has 2 aromatic heterocycles. The highest BCUT2D eigenvalue weighted by Crippen LogP contribution is 2.33. The second-order valence-electron chi connectivity index (χ2n) is 9.89. The van der Waals surface area contributed by atoms with Gasteiger partial charge in [0.05, 0.1) is 0 Å². The zero-order valence-electron chi connectivity index (χ0n) is 22.7. The van der Waals surface area contributed by atoms with E-state index in [-0.39, 0.29) is 23.2 Å². The summed E-state index contributed by atoms with van der Waals surface area (Å²) in [4.78, 5) is 30.9. The van der Waals surface area contributed by atoms with Crippen LogP contribution < -0.4 is 5.32 Å². The number of likely N-dealkylation sites (tertiary alicyclic amines) is 1. The van der Waals surface area contributed by atoms with Gasteiger partial charge in [-0.05, 0) is 69.6 Å². The summed E-state index contributed by atoms with van der Waals surface area (Å²) in [5.74, 6) is -0.787. The molecule has 0 radical (unpaired) electrons. The molecule has 0 atom stereocenters. The van der Waals surface area contributed by atoms with Gasteiger partial charge in [-0.25, -0.2) is 4.39 Å². The smallest absolute Gasteiger partial charge is 0.291 e. The van der Waals surface area contributed by atoms with Crippen molar-refractivity contribution in [1.82, 2.24) is 15.0 Å². The standard InChI is InChI=1S/C30H33FN4O5/c1-3-38-18-6-15-34(2)22-13-16-35(17-14-22)30(37)28-27(23-7-4-5-8-25(23)39-28)32-29(36)24-19-26(40-33-24)20-9-11-21(31)12-10-20/h4-5,7-12,19,22H,3,6,13-18H2,1-2H3,(H,32,36). The first-order chi connectivity index (χ1) is 19.4. The highest BCUT2D eigenvalue weighted by atomic mass is 19.1. The molecular weight excluding hydrogens is 515 g/mol. The topological polar surface area (TPSA) is 101 Å². The van der Waals surface area contributed by atoms with Crippen molar-refractivity contribution >= 4 is 28.5 Å². The predicted molar refractivity (Wildman–Crippen MR) is 149 cm³/mol. The number of furan rings is 1. The van der Waals surface area contributed by atoms with E-state index < -0.39 is 5.91 Å². The zero-order valence-corrected chi connectivity index (χ0v) is 22.7. The van der Waals surface area contributed by atoms with Crippen LogP contribution >= 0.6 is 0 Å². The third kappa shape index (κ3) is 6.08. The minimum absolute atomic E-state index is 0.0243. The molecule has 1 fully saturated rings. The van der Waals surface area contributed by atoms with Crippen molar-refractivity contribution < 1.29 is 27.7 Å². The fourth-order valence-corrected chi connectivity index (χ4v) is 5.03. The Balaban J connectivity index is 1.29. The largest absolute Gasteiger partial charge is 0.449 e. The van der Waals surface area contributed by atoms with Gasteiger partial charge in [-0.1, -0.05) is 17.3 Å². The molecule has 0 unspecified atom stereocenters. The van der Waals surface area contributed by atoms with Crippen LogP contribution in [0.4, 0.5) is 10.1 Å². The number of amides is 2. The zero-order chi connectivity index (χ0) is 28.1. The van der Waals surface area contributed by atoms with E-state index in [9.17, 15) is 14.0 Å². The van der Waals surface area contributed by atoms with Crippen LogP contribution in [0.15, 0.2) is 63.5 Å². The van der Waals surface area contributed by atoms with Crippen LogP contribution in [0.2, 0.25) is 0 Å². The average Bonchev–Trinajstić information content (AvgIpc) is 3.61. The number of carbonyl (C=O) groups excluding carboxylic acids is 2. The molecule has 1 N–H and O–H groups in total. The van der Waals surface area contributed by atoms with E-state index in [4.69, 9.17) is 13.7 Å². The molecule has 0 aliphatic carbocycles. The van der Waals surface area contributed by atoms with Crippen LogP contribution in [0, 0.1) is 5.82 Å². The van der Waals surface area contributed by atoms with E-state index >= 15 is 0 Å². The summed E-state index contributed by atoms with van der Waals surface area (Å²) in [7, 11) is 2.12. The van der Waals surface area contributed by atoms with Gasteiger partial charge in [0.15, 0.2) is 11.5 Å². The summed E-state index contributed by atoms with van der Waals surface area (Å²) >= 11 is 0. The molecule has 1 saturated heterocycles. The monoisotopic (exact) mass is 548 g/mol. The predicted octanol–water partition coefficient (Wildman–Crippen LogP) is 5.44. The van der Waals surface area contributed by atoms with Crippen LogP contribution in [-0.4, -0.2) is 72.7 Å². The molecule has 9 nitrogen and oxygen atoms in total. The summed E-state index contributed by atoms with van der Waals surface area (Å²) in [5, 5.41) is 7.31. The average molecular weight is 549 g/mol. The van der Waals surface area contributed by atoms with Gasteiger partial charge in [0.2, 0.25) is 5.76 Å². The molecule has 5 rings (SSSR count). The van der Waals surface area contributed by atoms with E-state index in [1.807, 2.05) is 19.1 Å². The minimum atomic E-state index is -0.551. The van der Waals surface area contributed by atoms with E-state index in [1.54, 1.807) is 29.2 Å². The summed E-state index contributed by atoms with van der Waals surface area (Å²) in [6.07, 6.45) is 2.68. The molecule has 1 aliphatic rings. The number of ether oxygens (including phenoxy) is 1. The first-order valence-corrected chi connectivity index (χ1v) is 13.6. The molecule has 3 heterocycles. The molecule has 10 heteroatoms. The Morgan fingerprint density at radius 3 is 2.65 bits per heavy atom. The van der Waals surface area contributed by atoms with Crippen molar-refractivity contribution in [2.24, 2.45) is 0 Å². The van der Waals surface area contributed by atoms with Crippen molar-refractivity contribution in [2.75, 3.05) is 45.2 Å². The van der Waals surface area contributed by atoms with E-state index in [1.165, 1.54) is 18.2 Å². The number of halogens is 1. The number of hydrogen-bond acceptors (Lipinski definition) is 7. The molecule has 2 aromatic carbocycles. The quantitative estimate of drug-likeness (QED) is 0.263. The molecule has 2 amide bonds. The maximum absolute atomic E-state index is 13.6. The van der Waals surface area contributed by atoms with Crippen molar-refractivity contribution in [3.63, 3.8) is 0 Å². The Morgan fingerprint density at radius 2 is 1.90 bits per heavy atom. The van der Waals surface area contributed by atoms with Gasteiger partial charge in [-0.2, -0.15) is 0 Å². The number of nitrogens with zero attached hydrogens (tertiary/aromatic N) is 3. The van der Waals surface area contributed by atoms with Crippen LogP contribution in [0.5, 0.6) is 0 Å². The molecule has 40 heavy (non-hydrogen) atoms. The van der Waals surface area contributed by atoms with Crippen LogP contribution in [0.1, 0.15) is 47.2 Å². The number of piperidine rings is 1. The number of nitrogens with one attached hydrogen (secondary N) is 1. The van der Waals surface area contributed by atoms with Crippen LogP contribution in [0.3, 0.4) is 0 Å². The van der Waals surface area contributed by atoms with Crippen LogP contribution in [-0.2, 0) is 4.74 Å². The molecule has 1 aliphatic heterocycles.